The SMILES string of the molecule is CCc1nn(C)c(C(=O)NCc2c(F)c(F)c(OCC(F)(F)F)c(F)c2F)c1Cl. The zero-order valence-corrected chi connectivity index (χ0v) is 15.6. The Kier molecular flexibility index (Phi) is 6.66. The largest absolute Gasteiger partial charge is 0.478 e. The minimum atomic E-state index is -4.99. The number of hydrogen-bond acceptors (Lipinski definition) is 3. The summed E-state index contributed by atoms with van der Waals surface area (Å²) in [7, 11) is 1.38. The van der Waals surface area contributed by atoms with E-state index < -0.39 is 59.8 Å². The Balaban J connectivity index is 2.28. The summed E-state index contributed by atoms with van der Waals surface area (Å²) in [6.45, 7) is -1.46. The predicted molar refractivity (Wildman–Crippen MR) is 86.6 cm³/mol. The fourth-order valence-electron chi connectivity index (χ4n) is 2.37. The van der Waals surface area contributed by atoms with Crippen LogP contribution in [0.2, 0.25) is 5.02 Å². The molecule has 0 spiro atoms. The molecule has 1 amide bonds. The second-order valence-corrected chi connectivity index (χ2v) is 6.11. The van der Waals surface area contributed by atoms with Crippen molar-refractivity contribution in [2.75, 3.05) is 6.61 Å². The van der Waals surface area contributed by atoms with E-state index in [-0.39, 0.29) is 10.7 Å². The normalized spacial score (nSPS) is 11.7. The van der Waals surface area contributed by atoms with Crippen LogP contribution in [0.25, 0.3) is 0 Å². The van der Waals surface area contributed by atoms with E-state index in [4.69, 9.17) is 11.6 Å². The molecule has 0 atom stereocenters. The molecule has 0 fully saturated rings. The molecule has 0 unspecified atom stereocenters. The van der Waals surface area contributed by atoms with Crippen molar-refractivity contribution in [2.45, 2.75) is 26.1 Å². The van der Waals surface area contributed by atoms with Crippen LogP contribution >= 0.6 is 11.6 Å². The van der Waals surface area contributed by atoms with E-state index in [0.29, 0.717) is 12.1 Å². The van der Waals surface area contributed by atoms with E-state index in [1.54, 1.807) is 6.92 Å². The third-order valence-electron chi connectivity index (χ3n) is 3.73. The molecule has 0 aliphatic carbocycles. The van der Waals surface area contributed by atoms with Gasteiger partial charge in [0.15, 0.2) is 24.0 Å². The van der Waals surface area contributed by atoms with Gasteiger partial charge in [0.1, 0.15) is 5.69 Å². The standard InChI is InChI=1S/C16H13ClF7N3O2/c1-3-7-8(17)13(27(2)26-7)15(28)25-4-6-9(18)11(20)14(12(21)10(6)19)29-5-16(22,23)24/h3-5H2,1-2H3,(H,25,28). The first-order valence-corrected chi connectivity index (χ1v) is 8.30. The smallest absolute Gasteiger partial charge is 0.422 e. The zero-order valence-electron chi connectivity index (χ0n) is 14.9. The number of nitrogens with zero attached hydrogens (tertiary/aromatic N) is 2. The van der Waals surface area contributed by atoms with Gasteiger partial charge in [0, 0.05) is 19.2 Å². The van der Waals surface area contributed by atoms with Crippen molar-refractivity contribution in [3.63, 3.8) is 0 Å². The molecule has 1 N–H and O–H groups in total. The van der Waals surface area contributed by atoms with Gasteiger partial charge in [-0.05, 0) is 6.42 Å². The predicted octanol–water partition coefficient (Wildman–Crippen LogP) is 4.06. The third-order valence-corrected chi connectivity index (χ3v) is 4.12. The zero-order chi connectivity index (χ0) is 22.1. The summed E-state index contributed by atoms with van der Waals surface area (Å²) in [5, 5.41) is 5.98. The Labute approximate surface area is 164 Å². The van der Waals surface area contributed by atoms with E-state index in [1.807, 2.05) is 5.32 Å². The van der Waals surface area contributed by atoms with Gasteiger partial charge in [-0.2, -0.15) is 27.1 Å². The number of amides is 1. The third kappa shape index (κ3) is 4.74. The van der Waals surface area contributed by atoms with Gasteiger partial charge < -0.3 is 10.1 Å². The summed E-state index contributed by atoms with van der Waals surface area (Å²) in [5.41, 5.74) is -1.03. The second kappa shape index (κ2) is 8.47. The number of benzene rings is 1. The van der Waals surface area contributed by atoms with Crippen molar-refractivity contribution in [3.05, 3.63) is 45.2 Å². The molecule has 1 aromatic heterocycles. The average Bonchev–Trinajstić information content (AvgIpc) is 2.92. The number of aromatic nitrogens is 2. The van der Waals surface area contributed by atoms with Crippen molar-refractivity contribution in [3.8, 4) is 5.75 Å². The number of hydrogen-bond donors (Lipinski definition) is 1. The van der Waals surface area contributed by atoms with Crippen LogP contribution < -0.4 is 10.1 Å². The lowest BCUT2D eigenvalue weighted by atomic mass is 10.1. The van der Waals surface area contributed by atoms with E-state index >= 15 is 0 Å². The molecule has 2 rings (SSSR count). The number of carbonyl (C=O) groups is 1. The quantitative estimate of drug-likeness (QED) is 0.537. The van der Waals surface area contributed by atoms with Crippen molar-refractivity contribution in [1.82, 2.24) is 15.1 Å². The molecule has 5 nitrogen and oxygen atoms in total. The number of aryl methyl sites for hydroxylation is 2. The van der Waals surface area contributed by atoms with Gasteiger partial charge in [0.2, 0.25) is 11.6 Å². The van der Waals surface area contributed by atoms with Crippen molar-refractivity contribution in [2.24, 2.45) is 7.05 Å². The number of ether oxygens (including phenoxy) is 1. The maximum Gasteiger partial charge on any atom is 0.422 e. The minimum Gasteiger partial charge on any atom is -0.478 e. The molecule has 1 aromatic carbocycles. The molecule has 160 valence electrons. The number of carbonyl (C=O) groups excluding carboxylic acids is 1. The fraction of sp³-hybridized carbons (Fsp3) is 0.375. The maximum atomic E-state index is 14.1. The minimum absolute atomic E-state index is 0.0123. The highest BCUT2D eigenvalue weighted by molar-refractivity contribution is 6.34. The van der Waals surface area contributed by atoms with Crippen LogP contribution in [0.4, 0.5) is 30.7 Å². The summed E-state index contributed by atoms with van der Waals surface area (Å²) < 4.78 is 97.2. The lowest BCUT2D eigenvalue weighted by molar-refractivity contribution is -0.154. The molecule has 2 aromatic rings. The van der Waals surface area contributed by atoms with Crippen molar-refractivity contribution < 1.29 is 40.3 Å². The maximum absolute atomic E-state index is 14.1. The van der Waals surface area contributed by atoms with Crippen LogP contribution in [-0.2, 0) is 20.0 Å². The molecule has 0 saturated heterocycles. The highest BCUT2D eigenvalue weighted by Crippen LogP contribution is 2.31. The van der Waals surface area contributed by atoms with Gasteiger partial charge >= 0.3 is 6.18 Å². The monoisotopic (exact) mass is 447 g/mol. The van der Waals surface area contributed by atoms with Gasteiger partial charge in [-0.3, -0.25) is 9.48 Å². The number of nitrogens with one attached hydrogen (secondary N) is 1. The Morgan fingerprint density at radius 1 is 1.14 bits per heavy atom. The molecule has 29 heavy (non-hydrogen) atoms. The van der Waals surface area contributed by atoms with Gasteiger partial charge in [-0.1, -0.05) is 18.5 Å². The van der Waals surface area contributed by atoms with E-state index in [2.05, 4.69) is 9.84 Å². The lowest BCUT2D eigenvalue weighted by Gasteiger charge is -2.14. The fourth-order valence-corrected chi connectivity index (χ4v) is 2.75. The Morgan fingerprint density at radius 2 is 1.69 bits per heavy atom. The van der Waals surface area contributed by atoms with Crippen molar-refractivity contribution in [1.29, 1.82) is 0 Å². The van der Waals surface area contributed by atoms with E-state index in [0.717, 1.165) is 4.68 Å². The van der Waals surface area contributed by atoms with Gasteiger partial charge in [0.05, 0.1) is 10.7 Å². The number of alkyl halides is 3. The van der Waals surface area contributed by atoms with Crippen molar-refractivity contribution >= 4 is 17.5 Å². The van der Waals surface area contributed by atoms with Crippen LogP contribution in [0.5, 0.6) is 5.75 Å². The summed E-state index contributed by atoms with van der Waals surface area (Å²) in [6.07, 6.45) is -4.60. The van der Waals surface area contributed by atoms with Gasteiger partial charge in [-0.25, -0.2) is 8.78 Å². The number of rotatable bonds is 6. The molecule has 0 saturated carbocycles. The highest BCUT2D eigenvalue weighted by Gasteiger charge is 2.33. The summed E-state index contributed by atoms with van der Waals surface area (Å²) >= 11 is 5.99. The lowest BCUT2D eigenvalue weighted by Crippen LogP contribution is -2.27. The summed E-state index contributed by atoms with van der Waals surface area (Å²) in [5.74, 6) is -11.1. The first kappa shape index (κ1) is 22.8. The van der Waals surface area contributed by atoms with E-state index in [1.165, 1.54) is 7.05 Å². The molecule has 0 aliphatic heterocycles. The summed E-state index contributed by atoms with van der Waals surface area (Å²) in [6, 6.07) is 0. The Bertz CT molecular complexity index is 915. The first-order chi connectivity index (χ1) is 13.4. The van der Waals surface area contributed by atoms with Gasteiger partial charge in [0.25, 0.3) is 5.91 Å². The molecule has 13 heteroatoms. The average molecular weight is 448 g/mol. The van der Waals surface area contributed by atoms with Crippen LogP contribution in [0.15, 0.2) is 0 Å². The Morgan fingerprint density at radius 3 is 2.14 bits per heavy atom. The Hall–Kier alpha value is -2.50. The van der Waals surface area contributed by atoms with Crippen LogP contribution in [0, 0.1) is 23.3 Å². The molecule has 0 bridgehead atoms. The van der Waals surface area contributed by atoms with Crippen LogP contribution in [0.3, 0.4) is 0 Å². The topological polar surface area (TPSA) is 56.2 Å². The molecule has 0 aliphatic rings. The molecule has 1 heterocycles. The van der Waals surface area contributed by atoms with Gasteiger partial charge in [-0.15, -0.1) is 0 Å². The van der Waals surface area contributed by atoms with Crippen LogP contribution in [0.1, 0.15) is 28.7 Å². The highest BCUT2D eigenvalue weighted by atomic mass is 35.5. The summed E-state index contributed by atoms with van der Waals surface area (Å²) in [4.78, 5) is 12.2. The first-order valence-electron chi connectivity index (χ1n) is 7.92. The molecular formula is C16H13ClF7N3O2. The molecule has 0 radical (unpaired) electrons. The molecular weight excluding hydrogens is 435 g/mol. The second-order valence-electron chi connectivity index (χ2n) is 5.74. The van der Waals surface area contributed by atoms with E-state index in [9.17, 15) is 35.5 Å². The number of halogens is 8. The van der Waals surface area contributed by atoms with Crippen LogP contribution in [-0.4, -0.2) is 28.5 Å².